The molecule has 0 amide bonds. The molecule has 29 heavy (non-hydrogen) atoms. The average molecular weight is 402 g/mol. The van der Waals surface area contributed by atoms with Crippen molar-refractivity contribution in [1.82, 2.24) is 14.8 Å². The molecule has 0 aliphatic rings. The predicted molar refractivity (Wildman–Crippen MR) is 118 cm³/mol. The second-order valence-corrected chi connectivity index (χ2v) is 7.80. The fourth-order valence-electron chi connectivity index (χ4n) is 3.21. The summed E-state index contributed by atoms with van der Waals surface area (Å²) in [5.41, 5.74) is 4.53. The molecule has 3 aromatic carbocycles. The maximum absolute atomic E-state index is 6.16. The highest BCUT2D eigenvalue weighted by atomic mass is 32.2. The van der Waals surface area contributed by atoms with E-state index in [0.717, 1.165) is 39.3 Å². The fourth-order valence-corrected chi connectivity index (χ4v) is 4.14. The zero-order valence-electron chi connectivity index (χ0n) is 16.6. The zero-order chi connectivity index (χ0) is 20.1. The van der Waals surface area contributed by atoms with Gasteiger partial charge < -0.3 is 4.74 Å². The number of thioether (sulfide) groups is 1. The standard InChI is InChI=1S/C24H23N3OS/c1-18-10-9-11-19(2)23(18)28-16-22-25-26-24(27(22)21-14-7-4-8-15-21)29-17-20-12-5-3-6-13-20/h3-15H,16-17H2,1-2H3. The molecule has 5 heteroatoms. The highest BCUT2D eigenvalue weighted by molar-refractivity contribution is 7.98. The Morgan fingerprint density at radius 1 is 0.793 bits per heavy atom. The summed E-state index contributed by atoms with van der Waals surface area (Å²) in [7, 11) is 0. The summed E-state index contributed by atoms with van der Waals surface area (Å²) in [6, 6.07) is 26.8. The van der Waals surface area contributed by atoms with E-state index in [1.54, 1.807) is 11.8 Å². The summed E-state index contributed by atoms with van der Waals surface area (Å²) in [5, 5.41) is 9.77. The summed E-state index contributed by atoms with van der Waals surface area (Å²) >= 11 is 1.68. The van der Waals surface area contributed by atoms with Gasteiger partial charge in [-0.1, -0.05) is 78.5 Å². The van der Waals surface area contributed by atoms with Crippen LogP contribution in [0.2, 0.25) is 0 Å². The van der Waals surface area contributed by atoms with E-state index in [4.69, 9.17) is 4.74 Å². The maximum Gasteiger partial charge on any atom is 0.196 e. The van der Waals surface area contributed by atoms with Crippen LogP contribution in [0.15, 0.2) is 84.0 Å². The van der Waals surface area contributed by atoms with Crippen LogP contribution in [0.25, 0.3) is 5.69 Å². The molecule has 4 aromatic rings. The predicted octanol–water partition coefficient (Wildman–Crippen LogP) is 5.76. The van der Waals surface area contributed by atoms with Crippen LogP contribution in [0.4, 0.5) is 0 Å². The molecule has 0 radical (unpaired) electrons. The van der Waals surface area contributed by atoms with E-state index in [1.165, 1.54) is 5.56 Å². The maximum atomic E-state index is 6.16. The number of para-hydroxylation sites is 2. The van der Waals surface area contributed by atoms with E-state index in [2.05, 4.69) is 77.1 Å². The van der Waals surface area contributed by atoms with Crippen molar-refractivity contribution in [2.24, 2.45) is 0 Å². The van der Waals surface area contributed by atoms with Crippen molar-refractivity contribution in [3.8, 4) is 11.4 Å². The van der Waals surface area contributed by atoms with Crippen LogP contribution in [0.3, 0.4) is 0 Å². The third-order valence-electron chi connectivity index (χ3n) is 4.68. The summed E-state index contributed by atoms with van der Waals surface area (Å²) < 4.78 is 8.24. The lowest BCUT2D eigenvalue weighted by atomic mass is 10.1. The van der Waals surface area contributed by atoms with Crippen molar-refractivity contribution in [1.29, 1.82) is 0 Å². The Labute approximate surface area is 175 Å². The largest absolute Gasteiger partial charge is 0.485 e. The third-order valence-corrected chi connectivity index (χ3v) is 5.68. The van der Waals surface area contributed by atoms with Gasteiger partial charge in [0.05, 0.1) is 0 Å². The molecule has 0 saturated heterocycles. The molecule has 4 nitrogen and oxygen atoms in total. The van der Waals surface area contributed by atoms with Crippen LogP contribution in [0.5, 0.6) is 5.75 Å². The van der Waals surface area contributed by atoms with Crippen molar-refractivity contribution >= 4 is 11.8 Å². The molecule has 0 saturated carbocycles. The Hall–Kier alpha value is -3.05. The summed E-state index contributed by atoms with van der Waals surface area (Å²) in [4.78, 5) is 0. The minimum absolute atomic E-state index is 0.361. The SMILES string of the molecule is Cc1cccc(C)c1OCc1nnc(SCc2ccccc2)n1-c1ccccc1. The molecule has 0 bridgehead atoms. The van der Waals surface area contributed by atoms with Crippen LogP contribution >= 0.6 is 11.8 Å². The van der Waals surface area contributed by atoms with E-state index in [1.807, 2.05) is 30.3 Å². The second kappa shape index (κ2) is 8.97. The monoisotopic (exact) mass is 401 g/mol. The van der Waals surface area contributed by atoms with Crippen LogP contribution < -0.4 is 4.74 Å². The van der Waals surface area contributed by atoms with Gasteiger partial charge in [-0.3, -0.25) is 4.57 Å². The van der Waals surface area contributed by atoms with Crippen LogP contribution in [0, 0.1) is 13.8 Å². The Morgan fingerprint density at radius 2 is 1.45 bits per heavy atom. The Bertz CT molecular complexity index is 1060. The van der Waals surface area contributed by atoms with Crippen molar-refractivity contribution in [2.45, 2.75) is 31.4 Å². The Balaban J connectivity index is 1.61. The number of rotatable bonds is 7. The molecular weight excluding hydrogens is 378 g/mol. The first-order valence-corrected chi connectivity index (χ1v) is 10.6. The number of aromatic nitrogens is 3. The first-order chi connectivity index (χ1) is 14.2. The topological polar surface area (TPSA) is 39.9 Å². The first-order valence-electron chi connectivity index (χ1n) is 9.58. The highest BCUT2D eigenvalue weighted by Gasteiger charge is 2.16. The molecule has 0 unspecified atom stereocenters. The minimum atomic E-state index is 0.361. The molecule has 4 rings (SSSR count). The van der Waals surface area contributed by atoms with Gasteiger partial charge in [0.15, 0.2) is 11.0 Å². The number of aryl methyl sites for hydroxylation is 2. The van der Waals surface area contributed by atoms with Gasteiger partial charge in [0.2, 0.25) is 0 Å². The third kappa shape index (κ3) is 4.51. The summed E-state index contributed by atoms with van der Waals surface area (Å²) in [5.74, 6) is 2.53. The number of ether oxygens (including phenoxy) is 1. The van der Waals surface area contributed by atoms with Crippen molar-refractivity contribution in [2.75, 3.05) is 0 Å². The van der Waals surface area contributed by atoms with Gasteiger partial charge in [-0.05, 0) is 42.7 Å². The smallest absolute Gasteiger partial charge is 0.196 e. The lowest BCUT2D eigenvalue weighted by molar-refractivity contribution is 0.289. The molecule has 0 fully saturated rings. The first kappa shape index (κ1) is 19.3. The van der Waals surface area contributed by atoms with Gasteiger partial charge in [0.1, 0.15) is 12.4 Å². The highest BCUT2D eigenvalue weighted by Crippen LogP contribution is 2.27. The van der Waals surface area contributed by atoms with Gasteiger partial charge in [-0.15, -0.1) is 10.2 Å². The Kier molecular flexibility index (Phi) is 5.96. The molecule has 1 heterocycles. The van der Waals surface area contributed by atoms with E-state index in [9.17, 15) is 0 Å². The number of nitrogens with zero attached hydrogens (tertiary/aromatic N) is 3. The van der Waals surface area contributed by atoms with Crippen LogP contribution in [0.1, 0.15) is 22.5 Å². The van der Waals surface area contributed by atoms with Crippen molar-refractivity contribution in [3.63, 3.8) is 0 Å². The van der Waals surface area contributed by atoms with Gasteiger partial charge in [-0.25, -0.2) is 0 Å². The van der Waals surface area contributed by atoms with Crippen LogP contribution in [-0.4, -0.2) is 14.8 Å². The molecule has 0 atom stereocenters. The van der Waals surface area contributed by atoms with Gasteiger partial charge in [0.25, 0.3) is 0 Å². The lowest BCUT2D eigenvalue weighted by Gasteiger charge is -2.13. The zero-order valence-corrected chi connectivity index (χ0v) is 17.4. The van der Waals surface area contributed by atoms with Crippen LogP contribution in [-0.2, 0) is 12.4 Å². The van der Waals surface area contributed by atoms with E-state index in [0.29, 0.717) is 6.61 Å². The molecule has 0 aliphatic carbocycles. The van der Waals surface area contributed by atoms with Crippen molar-refractivity contribution in [3.05, 3.63) is 101 Å². The second-order valence-electron chi connectivity index (χ2n) is 6.85. The van der Waals surface area contributed by atoms with E-state index >= 15 is 0 Å². The number of hydrogen-bond donors (Lipinski definition) is 0. The molecular formula is C24H23N3OS. The molecule has 0 aliphatic heterocycles. The minimum Gasteiger partial charge on any atom is -0.485 e. The average Bonchev–Trinajstić information content (AvgIpc) is 3.16. The lowest BCUT2D eigenvalue weighted by Crippen LogP contribution is -2.07. The van der Waals surface area contributed by atoms with Gasteiger partial charge in [-0.2, -0.15) is 0 Å². The van der Waals surface area contributed by atoms with Crippen molar-refractivity contribution < 1.29 is 4.74 Å². The van der Waals surface area contributed by atoms with E-state index in [-0.39, 0.29) is 0 Å². The normalized spacial score (nSPS) is 10.8. The van der Waals surface area contributed by atoms with E-state index < -0.39 is 0 Å². The molecule has 146 valence electrons. The Morgan fingerprint density at radius 3 is 2.14 bits per heavy atom. The quantitative estimate of drug-likeness (QED) is 0.369. The summed E-state index contributed by atoms with van der Waals surface area (Å²) in [6.07, 6.45) is 0. The number of hydrogen-bond acceptors (Lipinski definition) is 4. The molecule has 0 spiro atoms. The molecule has 0 N–H and O–H groups in total. The van der Waals surface area contributed by atoms with Gasteiger partial charge in [0, 0.05) is 11.4 Å². The number of benzene rings is 3. The summed E-state index contributed by atoms with van der Waals surface area (Å²) in [6.45, 7) is 4.48. The molecule has 1 aromatic heterocycles. The fraction of sp³-hybridized carbons (Fsp3) is 0.167. The van der Waals surface area contributed by atoms with Gasteiger partial charge >= 0.3 is 0 Å².